The van der Waals surface area contributed by atoms with Gasteiger partial charge in [0.15, 0.2) is 0 Å². The summed E-state index contributed by atoms with van der Waals surface area (Å²) in [4.78, 5) is 11.6. The van der Waals surface area contributed by atoms with Crippen molar-refractivity contribution in [3.8, 4) is 11.8 Å². The molecule has 4 nitrogen and oxygen atoms in total. The summed E-state index contributed by atoms with van der Waals surface area (Å²) in [5.74, 6) is -0.393. The van der Waals surface area contributed by atoms with Crippen LogP contribution >= 0.6 is 15.9 Å². The summed E-state index contributed by atoms with van der Waals surface area (Å²) in [6, 6.07) is 6.68. The minimum absolute atomic E-state index is 0.0628. The van der Waals surface area contributed by atoms with E-state index in [1.54, 1.807) is 12.1 Å². The third kappa shape index (κ3) is 3.55. The Morgan fingerprint density at radius 1 is 1.56 bits per heavy atom. The van der Waals surface area contributed by atoms with E-state index in [0.717, 1.165) is 0 Å². The number of rotatable bonds is 4. The summed E-state index contributed by atoms with van der Waals surface area (Å²) in [5, 5.41) is 20.5. The first-order valence-corrected chi connectivity index (χ1v) is 5.58. The molecular formula is C11H11BrN2O2. The van der Waals surface area contributed by atoms with Gasteiger partial charge in [0.2, 0.25) is 0 Å². The lowest BCUT2D eigenvalue weighted by molar-refractivity contribution is 0.0950. The molecule has 0 aliphatic rings. The number of nitriles is 1. The number of phenolic OH excluding ortho intramolecular Hbond substituents is 1. The number of carbonyl (C=O) groups is 1. The Morgan fingerprint density at radius 2 is 2.31 bits per heavy atom. The molecule has 16 heavy (non-hydrogen) atoms. The first-order chi connectivity index (χ1) is 7.65. The summed E-state index contributed by atoms with van der Waals surface area (Å²) in [6.07, 6.45) is 1.02. The largest absolute Gasteiger partial charge is 0.507 e. The van der Waals surface area contributed by atoms with Gasteiger partial charge in [-0.2, -0.15) is 5.26 Å². The molecule has 0 spiro atoms. The normalized spacial score (nSPS) is 9.50. The summed E-state index contributed by atoms with van der Waals surface area (Å²) in [7, 11) is 0. The third-order valence-electron chi connectivity index (χ3n) is 1.96. The summed E-state index contributed by atoms with van der Waals surface area (Å²) >= 11 is 3.19. The van der Waals surface area contributed by atoms with Gasteiger partial charge in [0.05, 0.1) is 11.6 Å². The molecule has 0 unspecified atom stereocenters. The standard InChI is InChI=1S/C11H11BrN2O2/c12-8-3-4-9(10(15)7-8)11(16)14-6-2-1-5-13/h3-4,7,15H,1-2,6H2,(H,14,16). The highest BCUT2D eigenvalue weighted by molar-refractivity contribution is 9.10. The summed E-state index contributed by atoms with van der Waals surface area (Å²) in [5.41, 5.74) is 0.236. The van der Waals surface area contributed by atoms with E-state index < -0.39 is 0 Å². The van der Waals surface area contributed by atoms with Gasteiger partial charge in [-0.05, 0) is 24.6 Å². The molecule has 1 rings (SSSR count). The molecule has 0 radical (unpaired) electrons. The maximum Gasteiger partial charge on any atom is 0.255 e. The molecule has 0 atom stereocenters. The highest BCUT2D eigenvalue weighted by Gasteiger charge is 2.10. The number of benzene rings is 1. The average molecular weight is 283 g/mol. The Balaban J connectivity index is 2.57. The van der Waals surface area contributed by atoms with Crippen molar-refractivity contribution in [3.05, 3.63) is 28.2 Å². The number of unbranched alkanes of at least 4 members (excludes halogenated alkanes) is 1. The monoisotopic (exact) mass is 282 g/mol. The lowest BCUT2D eigenvalue weighted by atomic mass is 10.2. The minimum atomic E-state index is -0.331. The SMILES string of the molecule is N#CCCCNC(=O)c1ccc(Br)cc1O. The van der Waals surface area contributed by atoms with Crippen molar-refractivity contribution in [3.63, 3.8) is 0 Å². The Kier molecular flexibility index (Phi) is 4.80. The molecule has 0 saturated heterocycles. The van der Waals surface area contributed by atoms with Gasteiger partial charge in [0.1, 0.15) is 5.75 Å². The highest BCUT2D eigenvalue weighted by atomic mass is 79.9. The Morgan fingerprint density at radius 3 is 2.94 bits per heavy atom. The molecule has 0 aliphatic heterocycles. The second-order valence-corrected chi connectivity index (χ2v) is 4.09. The summed E-state index contributed by atoms with van der Waals surface area (Å²) < 4.78 is 0.714. The zero-order chi connectivity index (χ0) is 12.0. The van der Waals surface area contributed by atoms with E-state index in [0.29, 0.717) is 23.9 Å². The molecule has 2 N–H and O–H groups in total. The molecule has 84 valence electrons. The number of halogens is 1. The minimum Gasteiger partial charge on any atom is -0.507 e. The van der Waals surface area contributed by atoms with Gasteiger partial charge in [-0.25, -0.2) is 0 Å². The quantitative estimate of drug-likeness (QED) is 0.832. The van der Waals surface area contributed by atoms with Crippen molar-refractivity contribution < 1.29 is 9.90 Å². The number of hydrogen-bond acceptors (Lipinski definition) is 3. The third-order valence-corrected chi connectivity index (χ3v) is 2.45. The van der Waals surface area contributed by atoms with Crippen LogP contribution in [0.25, 0.3) is 0 Å². The number of hydrogen-bond donors (Lipinski definition) is 2. The lowest BCUT2D eigenvalue weighted by Crippen LogP contribution is -2.24. The molecular weight excluding hydrogens is 272 g/mol. The van der Waals surface area contributed by atoms with Gasteiger partial charge in [-0.1, -0.05) is 15.9 Å². The van der Waals surface area contributed by atoms with E-state index in [-0.39, 0.29) is 17.2 Å². The van der Waals surface area contributed by atoms with E-state index in [2.05, 4.69) is 21.2 Å². The summed E-state index contributed by atoms with van der Waals surface area (Å²) in [6.45, 7) is 0.432. The first-order valence-electron chi connectivity index (χ1n) is 4.79. The van der Waals surface area contributed by atoms with Crippen molar-refractivity contribution in [2.45, 2.75) is 12.8 Å². The van der Waals surface area contributed by atoms with E-state index in [1.165, 1.54) is 6.07 Å². The second kappa shape index (κ2) is 6.13. The van der Waals surface area contributed by atoms with Crippen LogP contribution in [0.2, 0.25) is 0 Å². The van der Waals surface area contributed by atoms with Crippen LogP contribution in [-0.4, -0.2) is 17.6 Å². The van der Waals surface area contributed by atoms with Crippen molar-refractivity contribution in [1.29, 1.82) is 5.26 Å². The number of nitrogens with one attached hydrogen (secondary N) is 1. The zero-order valence-corrected chi connectivity index (χ0v) is 10.1. The van der Waals surface area contributed by atoms with Gasteiger partial charge in [-0.15, -0.1) is 0 Å². The number of amides is 1. The van der Waals surface area contributed by atoms with Crippen LogP contribution in [-0.2, 0) is 0 Å². The van der Waals surface area contributed by atoms with Crippen LogP contribution in [0.5, 0.6) is 5.75 Å². The van der Waals surface area contributed by atoms with Crippen molar-refractivity contribution in [1.82, 2.24) is 5.32 Å². The van der Waals surface area contributed by atoms with Gasteiger partial charge in [0.25, 0.3) is 5.91 Å². The lowest BCUT2D eigenvalue weighted by Gasteiger charge is -2.05. The van der Waals surface area contributed by atoms with Gasteiger partial charge in [-0.3, -0.25) is 4.79 Å². The van der Waals surface area contributed by atoms with Crippen LogP contribution in [0.4, 0.5) is 0 Å². The topological polar surface area (TPSA) is 73.1 Å². The molecule has 1 aromatic rings. The second-order valence-electron chi connectivity index (χ2n) is 3.18. The molecule has 0 bridgehead atoms. The van der Waals surface area contributed by atoms with Crippen LogP contribution in [0.15, 0.2) is 22.7 Å². The molecule has 1 amide bonds. The zero-order valence-electron chi connectivity index (χ0n) is 8.53. The first kappa shape index (κ1) is 12.5. The number of nitrogens with zero attached hydrogens (tertiary/aromatic N) is 1. The fraction of sp³-hybridized carbons (Fsp3) is 0.273. The van der Waals surface area contributed by atoms with E-state index in [1.807, 2.05) is 6.07 Å². The maximum atomic E-state index is 11.6. The van der Waals surface area contributed by atoms with Crippen molar-refractivity contribution >= 4 is 21.8 Å². The van der Waals surface area contributed by atoms with Crippen molar-refractivity contribution in [2.75, 3.05) is 6.54 Å². The molecule has 0 aromatic heterocycles. The van der Waals surface area contributed by atoms with E-state index in [9.17, 15) is 9.90 Å². The van der Waals surface area contributed by atoms with Gasteiger partial charge >= 0.3 is 0 Å². The molecule has 5 heteroatoms. The fourth-order valence-electron chi connectivity index (χ4n) is 1.16. The van der Waals surface area contributed by atoms with E-state index >= 15 is 0 Å². The Labute approximate surface area is 102 Å². The smallest absolute Gasteiger partial charge is 0.255 e. The maximum absolute atomic E-state index is 11.6. The Hall–Kier alpha value is -1.54. The van der Waals surface area contributed by atoms with Crippen LogP contribution < -0.4 is 5.32 Å². The fourth-order valence-corrected chi connectivity index (χ4v) is 1.51. The van der Waals surface area contributed by atoms with Crippen LogP contribution in [0.1, 0.15) is 23.2 Å². The molecule has 0 fully saturated rings. The highest BCUT2D eigenvalue weighted by Crippen LogP contribution is 2.21. The predicted molar refractivity (Wildman–Crippen MR) is 63.0 cm³/mol. The molecule has 0 saturated carbocycles. The number of carbonyl (C=O) groups excluding carboxylic acids is 1. The van der Waals surface area contributed by atoms with E-state index in [4.69, 9.17) is 5.26 Å². The van der Waals surface area contributed by atoms with Gasteiger partial charge in [0, 0.05) is 17.4 Å². The van der Waals surface area contributed by atoms with Crippen molar-refractivity contribution in [2.24, 2.45) is 0 Å². The van der Waals surface area contributed by atoms with Gasteiger partial charge < -0.3 is 10.4 Å². The molecule has 0 heterocycles. The average Bonchev–Trinajstić information content (AvgIpc) is 2.24. The van der Waals surface area contributed by atoms with Crippen LogP contribution in [0.3, 0.4) is 0 Å². The molecule has 1 aromatic carbocycles. The number of aromatic hydroxyl groups is 1. The van der Waals surface area contributed by atoms with Crippen LogP contribution in [0, 0.1) is 11.3 Å². The Bertz CT molecular complexity index is 426. The predicted octanol–water partition coefficient (Wildman–Crippen LogP) is 2.19. The molecule has 0 aliphatic carbocycles. The number of phenols is 1.